The molecular formula is C19H15F3N2O4S. The van der Waals surface area contributed by atoms with E-state index in [0.717, 1.165) is 22.8 Å². The Morgan fingerprint density at radius 1 is 1.07 bits per heavy atom. The Labute approximate surface area is 163 Å². The second kappa shape index (κ2) is 7.03. The van der Waals surface area contributed by atoms with Crippen molar-refractivity contribution in [2.75, 3.05) is 4.72 Å². The number of hydrogen-bond acceptors (Lipinski definition) is 4. The number of rotatable bonds is 4. The quantitative estimate of drug-likeness (QED) is 0.649. The molecule has 10 heteroatoms. The third-order valence-corrected chi connectivity index (χ3v) is 5.73. The van der Waals surface area contributed by atoms with E-state index in [2.05, 4.69) is 4.72 Å². The first-order chi connectivity index (χ1) is 13.4. The lowest BCUT2D eigenvalue weighted by Crippen LogP contribution is -2.21. The lowest BCUT2D eigenvalue weighted by atomic mass is 10.1. The number of aryl methyl sites for hydroxylation is 1. The molecular weight excluding hydrogens is 409 g/mol. The van der Waals surface area contributed by atoms with Crippen molar-refractivity contribution in [1.82, 2.24) is 4.57 Å². The highest BCUT2D eigenvalue weighted by Crippen LogP contribution is 2.34. The molecule has 0 unspecified atom stereocenters. The van der Waals surface area contributed by atoms with E-state index in [1.807, 2.05) is 0 Å². The average molecular weight is 424 g/mol. The van der Waals surface area contributed by atoms with Gasteiger partial charge in [0.2, 0.25) is 0 Å². The van der Waals surface area contributed by atoms with Gasteiger partial charge in [-0.25, -0.2) is 8.42 Å². The second-order valence-corrected chi connectivity index (χ2v) is 8.06. The number of aromatic nitrogens is 1. The molecule has 0 fully saturated rings. The fourth-order valence-corrected chi connectivity index (χ4v) is 3.93. The molecule has 2 aromatic carbocycles. The normalized spacial score (nSPS) is 12.2. The molecule has 0 saturated heterocycles. The van der Waals surface area contributed by atoms with Crippen LogP contribution in [0.2, 0.25) is 0 Å². The molecule has 0 amide bonds. The molecule has 3 rings (SSSR count). The summed E-state index contributed by atoms with van der Waals surface area (Å²) in [6.45, 7) is 1.32. The highest BCUT2D eigenvalue weighted by molar-refractivity contribution is 7.92. The van der Waals surface area contributed by atoms with Gasteiger partial charge in [-0.2, -0.15) is 13.2 Å². The molecule has 0 aliphatic rings. The number of halogens is 3. The van der Waals surface area contributed by atoms with Crippen LogP contribution in [-0.4, -0.2) is 18.8 Å². The number of ketones is 1. The Morgan fingerprint density at radius 2 is 1.76 bits per heavy atom. The molecule has 0 spiro atoms. The molecule has 0 bridgehead atoms. The maximum atomic E-state index is 13.4. The predicted molar refractivity (Wildman–Crippen MR) is 101 cm³/mol. The molecule has 1 N–H and O–H groups in total. The summed E-state index contributed by atoms with van der Waals surface area (Å²) in [5.74, 6) is -0.271. The summed E-state index contributed by atoms with van der Waals surface area (Å²) in [6.07, 6.45) is -4.84. The zero-order valence-corrected chi connectivity index (χ0v) is 16.1. The van der Waals surface area contributed by atoms with Crippen molar-refractivity contribution >= 4 is 32.4 Å². The van der Waals surface area contributed by atoms with Crippen LogP contribution >= 0.6 is 0 Å². The Hall–Kier alpha value is -3.14. The van der Waals surface area contributed by atoms with E-state index in [-0.39, 0.29) is 22.6 Å². The summed E-state index contributed by atoms with van der Waals surface area (Å²) in [6, 6.07) is 9.28. The van der Waals surface area contributed by atoms with Crippen LogP contribution in [0.1, 0.15) is 22.8 Å². The van der Waals surface area contributed by atoms with E-state index in [1.165, 1.54) is 38.2 Å². The van der Waals surface area contributed by atoms with Gasteiger partial charge >= 0.3 is 6.18 Å². The Balaban J connectivity index is 2.14. The summed E-state index contributed by atoms with van der Waals surface area (Å²) >= 11 is 0. The Kier molecular flexibility index (Phi) is 4.99. The largest absolute Gasteiger partial charge is 0.417 e. The summed E-state index contributed by atoms with van der Waals surface area (Å²) < 4.78 is 68.8. The number of carbonyl (C=O) groups is 1. The maximum absolute atomic E-state index is 13.4. The number of nitrogens with one attached hydrogen (secondary N) is 1. The van der Waals surface area contributed by atoms with Gasteiger partial charge in [0, 0.05) is 29.8 Å². The van der Waals surface area contributed by atoms with Gasteiger partial charge in [-0.15, -0.1) is 0 Å². The van der Waals surface area contributed by atoms with E-state index >= 15 is 0 Å². The van der Waals surface area contributed by atoms with Gasteiger partial charge in [0.15, 0.2) is 5.78 Å². The first kappa shape index (κ1) is 20.6. The van der Waals surface area contributed by atoms with E-state index in [9.17, 15) is 31.2 Å². The summed E-state index contributed by atoms with van der Waals surface area (Å²) in [7, 11) is -2.95. The number of benzene rings is 2. The third kappa shape index (κ3) is 4.02. The van der Waals surface area contributed by atoms with Gasteiger partial charge in [-0.05, 0) is 37.3 Å². The summed E-state index contributed by atoms with van der Waals surface area (Å²) in [5.41, 5.74) is -1.76. The van der Waals surface area contributed by atoms with Gasteiger partial charge in [-0.3, -0.25) is 14.3 Å². The van der Waals surface area contributed by atoms with Crippen molar-refractivity contribution in [1.29, 1.82) is 0 Å². The number of anilines is 1. The number of alkyl halides is 3. The lowest BCUT2D eigenvalue weighted by molar-refractivity contribution is -0.136. The van der Waals surface area contributed by atoms with Gasteiger partial charge in [0.05, 0.1) is 16.0 Å². The Bertz CT molecular complexity index is 1300. The first-order valence-electron chi connectivity index (χ1n) is 8.25. The maximum Gasteiger partial charge on any atom is 0.417 e. The monoisotopic (exact) mass is 424 g/mol. The molecule has 29 heavy (non-hydrogen) atoms. The molecule has 0 saturated carbocycles. The predicted octanol–water partition coefficient (Wildman–Crippen LogP) is 3.56. The fourth-order valence-electron chi connectivity index (χ4n) is 2.86. The molecule has 1 aromatic heterocycles. The molecule has 152 valence electrons. The number of sulfonamides is 1. The SMILES string of the molecule is CC(=O)c1cccc(NS(=O)(=O)c2ccc3c(c2)c(C(F)(F)F)cc(=O)n3C)c1. The average Bonchev–Trinajstić information content (AvgIpc) is 2.63. The van der Waals surface area contributed by atoms with Crippen LogP contribution in [0.15, 0.2) is 58.2 Å². The smallest absolute Gasteiger partial charge is 0.311 e. The summed E-state index contributed by atoms with van der Waals surface area (Å²) in [4.78, 5) is 22.9. The van der Waals surface area contributed by atoms with Crippen molar-refractivity contribution in [3.63, 3.8) is 0 Å². The second-order valence-electron chi connectivity index (χ2n) is 6.37. The zero-order valence-electron chi connectivity index (χ0n) is 15.2. The van der Waals surface area contributed by atoms with Crippen LogP contribution in [0.5, 0.6) is 0 Å². The van der Waals surface area contributed by atoms with Crippen LogP contribution in [0.4, 0.5) is 18.9 Å². The van der Waals surface area contributed by atoms with Crippen molar-refractivity contribution in [3.8, 4) is 0 Å². The van der Waals surface area contributed by atoms with Crippen LogP contribution in [0, 0.1) is 0 Å². The van der Waals surface area contributed by atoms with Crippen molar-refractivity contribution in [3.05, 3.63) is 70.0 Å². The molecule has 0 aliphatic carbocycles. The lowest BCUT2D eigenvalue weighted by Gasteiger charge is -2.15. The first-order valence-corrected chi connectivity index (χ1v) is 9.73. The van der Waals surface area contributed by atoms with Gasteiger partial charge in [-0.1, -0.05) is 12.1 Å². The summed E-state index contributed by atoms with van der Waals surface area (Å²) in [5, 5.41) is -0.417. The minimum atomic E-state index is -4.84. The molecule has 0 atom stereocenters. The molecule has 0 radical (unpaired) electrons. The zero-order chi connectivity index (χ0) is 21.6. The highest BCUT2D eigenvalue weighted by Gasteiger charge is 2.34. The number of nitrogens with zero attached hydrogens (tertiary/aromatic N) is 1. The molecule has 3 aromatic rings. The van der Waals surface area contributed by atoms with E-state index in [0.29, 0.717) is 6.07 Å². The van der Waals surface area contributed by atoms with Crippen molar-refractivity contribution in [2.24, 2.45) is 7.05 Å². The van der Waals surface area contributed by atoms with Crippen LogP contribution in [0.3, 0.4) is 0 Å². The number of hydrogen-bond donors (Lipinski definition) is 1. The Morgan fingerprint density at radius 3 is 2.38 bits per heavy atom. The van der Waals surface area contributed by atoms with Crippen LogP contribution in [-0.2, 0) is 23.2 Å². The number of carbonyl (C=O) groups excluding carboxylic acids is 1. The molecule has 1 heterocycles. The van der Waals surface area contributed by atoms with Crippen LogP contribution in [0.25, 0.3) is 10.9 Å². The van der Waals surface area contributed by atoms with E-state index in [4.69, 9.17) is 0 Å². The van der Waals surface area contributed by atoms with Crippen molar-refractivity contribution < 1.29 is 26.4 Å². The topological polar surface area (TPSA) is 85.2 Å². The number of fused-ring (bicyclic) bond motifs is 1. The standard InChI is InChI=1S/C19H15F3N2O4S/c1-11(25)12-4-3-5-13(8-12)23-29(27,28)14-6-7-17-15(9-14)16(19(20,21)22)10-18(26)24(17)2/h3-10,23H,1-2H3. The van der Waals surface area contributed by atoms with Gasteiger partial charge in [0.1, 0.15) is 0 Å². The minimum absolute atomic E-state index is 0.0534. The van der Waals surface area contributed by atoms with Crippen molar-refractivity contribution in [2.45, 2.75) is 18.0 Å². The fraction of sp³-hybridized carbons (Fsp3) is 0.158. The van der Waals surface area contributed by atoms with Crippen LogP contribution < -0.4 is 10.3 Å². The minimum Gasteiger partial charge on any atom is -0.311 e. The third-order valence-electron chi connectivity index (χ3n) is 4.35. The van der Waals surface area contributed by atoms with Gasteiger partial charge in [0.25, 0.3) is 15.6 Å². The number of Topliss-reactive ketones (excluding diaryl/α,β-unsaturated/α-hetero) is 1. The van der Waals surface area contributed by atoms with Gasteiger partial charge < -0.3 is 4.57 Å². The molecule has 6 nitrogen and oxygen atoms in total. The number of pyridine rings is 1. The van der Waals surface area contributed by atoms with E-state index < -0.39 is 37.6 Å². The van der Waals surface area contributed by atoms with E-state index in [1.54, 1.807) is 0 Å². The highest BCUT2D eigenvalue weighted by atomic mass is 32.2. The molecule has 0 aliphatic heterocycles.